The Kier molecular flexibility index (Phi) is 3.26. The van der Waals surface area contributed by atoms with Gasteiger partial charge >= 0.3 is 0 Å². The molecule has 0 radical (unpaired) electrons. The van der Waals surface area contributed by atoms with Gasteiger partial charge in [0.25, 0.3) is 5.91 Å². The van der Waals surface area contributed by atoms with Gasteiger partial charge in [0, 0.05) is 13.1 Å². The Morgan fingerprint density at radius 1 is 1.41 bits per heavy atom. The topological polar surface area (TPSA) is 72.1 Å². The fourth-order valence-corrected chi connectivity index (χ4v) is 2.09. The van der Waals surface area contributed by atoms with Crippen LogP contribution < -0.4 is 5.73 Å². The van der Waals surface area contributed by atoms with Gasteiger partial charge in [-0.05, 0) is 18.3 Å². The Bertz CT molecular complexity index is 421. The normalized spacial score (nSPS) is 24.7. The van der Waals surface area contributed by atoms with Crippen LogP contribution in [0, 0.1) is 11.8 Å². The van der Waals surface area contributed by atoms with Crippen molar-refractivity contribution in [3.63, 3.8) is 0 Å². The predicted octanol–water partition coefficient (Wildman–Crippen LogP) is 1.18. The smallest absolute Gasteiger partial charge is 0.274 e. The van der Waals surface area contributed by atoms with Crippen molar-refractivity contribution in [1.82, 2.24) is 14.9 Å². The summed E-state index contributed by atoms with van der Waals surface area (Å²) in [6, 6.07) is 0. The molecule has 5 nitrogen and oxygen atoms in total. The molecule has 0 saturated carbocycles. The van der Waals surface area contributed by atoms with Gasteiger partial charge in [-0.1, -0.05) is 13.8 Å². The second-order valence-electron chi connectivity index (χ2n) is 4.82. The number of amides is 1. The molecule has 2 heterocycles. The second kappa shape index (κ2) is 4.69. The van der Waals surface area contributed by atoms with E-state index in [1.165, 1.54) is 12.4 Å². The molecule has 1 aliphatic heterocycles. The van der Waals surface area contributed by atoms with Crippen LogP contribution in [0.15, 0.2) is 12.4 Å². The number of nitrogens with two attached hydrogens (primary N) is 1. The highest BCUT2D eigenvalue weighted by Crippen LogP contribution is 2.23. The first-order chi connectivity index (χ1) is 8.08. The molecule has 17 heavy (non-hydrogen) atoms. The van der Waals surface area contributed by atoms with Gasteiger partial charge in [0.05, 0.1) is 12.4 Å². The first-order valence-electron chi connectivity index (χ1n) is 5.94. The van der Waals surface area contributed by atoms with Crippen LogP contribution in [0.25, 0.3) is 0 Å². The molecule has 0 bridgehead atoms. The third-order valence-corrected chi connectivity index (χ3v) is 3.49. The summed E-state index contributed by atoms with van der Waals surface area (Å²) in [5.41, 5.74) is 5.87. The predicted molar refractivity (Wildman–Crippen MR) is 65.3 cm³/mol. The van der Waals surface area contributed by atoms with E-state index in [2.05, 4.69) is 23.8 Å². The molecule has 2 unspecified atom stereocenters. The van der Waals surface area contributed by atoms with Crippen LogP contribution in [0.4, 0.5) is 5.82 Å². The zero-order chi connectivity index (χ0) is 12.4. The second-order valence-corrected chi connectivity index (χ2v) is 4.82. The Hall–Kier alpha value is -1.65. The van der Waals surface area contributed by atoms with E-state index in [9.17, 15) is 4.79 Å². The number of hydrogen-bond donors (Lipinski definition) is 1. The number of anilines is 1. The molecular weight excluding hydrogens is 216 g/mol. The van der Waals surface area contributed by atoms with Crippen molar-refractivity contribution < 1.29 is 4.79 Å². The first kappa shape index (κ1) is 11.8. The molecule has 1 aromatic rings. The van der Waals surface area contributed by atoms with Gasteiger partial charge in [0.1, 0.15) is 11.5 Å². The molecule has 92 valence electrons. The average molecular weight is 234 g/mol. The number of nitrogens with zero attached hydrogens (tertiary/aromatic N) is 3. The van der Waals surface area contributed by atoms with Crippen molar-refractivity contribution in [2.75, 3.05) is 18.8 Å². The SMILES string of the molecule is CC1CCN(C(=O)c2cncc(N)n2)CC1C. The van der Waals surface area contributed by atoms with Gasteiger partial charge < -0.3 is 10.6 Å². The monoisotopic (exact) mass is 234 g/mol. The van der Waals surface area contributed by atoms with Crippen LogP contribution in [-0.4, -0.2) is 33.9 Å². The van der Waals surface area contributed by atoms with E-state index in [-0.39, 0.29) is 11.7 Å². The minimum Gasteiger partial charge on any atom is -0.382 e. The molecule has 0 aliphatic carbocycles. The third-order valence-electron chi connectivity index (χ3n) is 3.49. The van der Waals surface area contributed by atoms with Crippen LogP contribution in [0.1, 0.15) is 30.8 Å². The maximum atomic E-state index is 12.2. The molecule has 1 aliphatic rings. The number of carbonyl (C=O) groups is 1. The fourth-order valence-electron chi connectivity index (χ4n) is 2.09. The number of piperidine rings is 1. The number of aromatic nitrogens is 2. The van der Waals surface area contributed by atoms with Gasteiger partial charge in [0.15, 0.2) is 0 Å². The molecule has 1 aromatic heterocycles. The van der Waals surface area contributed by atoms with Crippen molar-refractivity contribution in [3.8, 4) is 0 Å². The van der Waals surface area contributed by atoms with Gasteiger partial charge in [-0.15, -0.1) is 0 Å². The van der Waals surface area contributed by atoms with Gasteiger partial charge in [-0.3, -0.25) is 9.78 Å². The number of nitrogen functional groups attached to an aromatic ring is 1. The van der Waals surface area contributed by atoms with E-state index >= 15 is 0 Å². The van der Waals surface area contributed by atoms with Crippen LogP contribution in [0.2, 0.25) is 0 Å². The number of carbonyl (C=O) groups excluding carboxylic acids is 1. The first-order valence-corrected chi connectivity index (χ1v) is 5.94. The zero-order valence-corrected chi connectivity index (χ0v) is 10.3. The lowest BCUT2D eigenvalue weighted by atomic mass is 9.88. The standard InChI is InChI=1S/C12H18N4O/c1-8-3-4-16(7-9(8)2)12(17)10-5-14-6-11(13)15-10/h5-6,8-9H,3-4,7H2,1-2H3,(H2,13,15). The lowest BCUT2D eigenvalue weighted by Gasteiger charge is -2.35. The molecule has 5 heteroatoms. The van der Waals surface area contributed by atoms with Crippen molar-refractivity contribution in [1.29, 1.82) is 0 Å². The largest absolute Gasteiger partial charge is 0.382 e. The zero-order valence-electron chi connectivity index (χ0n) is 10.3. The Labute approximate surface area is 101 Å². The highest BCUT2D eigenvalue weighted by atomic mass is 16.2. The Balaban J connectivity index is 2.10. The molecule has 0 aromatic carbocycles. The maximum Gasteiger partial charge on any atom is 0.274 e. The quantitative estimate of drug-likeness (QED) is 0.792. The van der Waals surface area contributed by atoms with Crippen molar-refractivity contribution in [2.45, 2.75) is 20.3 Å². The summed E-state index contributed by atoms with van der Waals surface area (Å²) >= 11 is 0. The molecule has 2 atom stereocenters. The highest BCUT2D eigenvalue weighted by Gasteiger charge is 2.27. The third kappa shape index (κ3) is 2.54. The summed E-state index contributed by atoms with van der Waals surface area (Å²) in [7, 11) is 0. The lowest BCUT2D eigenvalue weighted by molar-refractivity contribution is 0.0621. The minimum absolute atomic E-state index is 0.0662. The highest BCUT2D eigenvalue weighted by molar-refractivity contribution is 5.92. The minimum atomic E-state index is -0.0662. The molecule has 2 N–H and O–H groups in total. The van der Waals surface area contributed by atoms with Crippen LogP contribution in [0.5, 0.6) is 0 Å². The van der Waals surface area contributed by atoms with Crippen molar-refractivity contribution >= 4 is 11.7 Å². The van der Waals surface area contributed by atoms with E-state index in [1.807, 2.05) is 4.90 Å². The summed E-state index contributed by atoms with van der Waals surface area (Å²) in [6.07, 6.45) is 3.96. The van der Waals surface area contributed by atoms with E-state index in [1.54, 1.807) is 0 Å². The fraction of sp³-hybridized carbons (Fsp3) is 0.583. The maximum absolute atomic E-state index is 12.2. The van der Waals surface area contributed by atoms with Gasteiger partial charge in [0.2, 0.25) is 0 Å². The van der Waals surface area contributed by atoms with E-state index in [0.29, 0.717) is 17.5 Å². The van der Waals surface area contributed by atoms with E-state index < -0.39 is 0 Å². The van der Waals surface area contributed by atoms with Crippen LogP contribution in [0.3, 0.4) is 0 Å². The van der Waals surface area contributed by atoms with E-state index in [4.69, 9.17) is 5.73 Å². The lowest BCUT2D eigenvalue weighted by Crippen LogP contribution is -2.42. The van der Waals surface area contributed by atoms with Crippen molar-refractivity contribution in [3.05, 3.63) is 18.1 Å². The summed E-state index contributed by atoms with van der Waals surface area (Å²) in [4.78, 5) is 21.9. The molecule has 0 spiro atoms. The number of likely N-dealkylation sites (tertiary alicyclic amines) is 1. The molecular formula is C12H18N4O. The molecule has 1 saturated heterocycles. The number of hydrogen-bond acceptors (Lipinski definition) is 4. The Morgan fingerprint density at radius 3 is 2.82 bits per heavy atom. The van der Waals surface area contributed by atoms with Crippen LogP contribution in [-0.2, 0) is 0 Å². The van der Waals surface area contributed by atoms with Crippen molar-refractivity contribution in [2.24, 2.45) is 11.8 Å². The molecule has 1 amide bonds. The van der Waals surface area contributed by atoms with Gasteiger partial charge in [-0.25, -0.2) is 4.98 Å². The molecule has 1 fully saturated rings. The van der Waals surface area contributed by atoms with Gasteiger partial charge in [-0.2, -0.15) is 0 Å². The number of rotatable bonds is 1. The van der Waals surface area contributed by atoms with E-state index in [0.717, 1.165) is 19.5 Å². The summed E-state index contributed by atoms with van der Waals surface area (Å²) in [6.45, 7) is 5.99. The summed E-state index contributed by atoms with van der Waals surface area (Å²) in [5, 5.41) is 0. The summed E-state index contributed by atoms with van der Waals surface area (Å²) < 4.78 is 0. The average Bonchev–Trinajstić information content (AvgIpc) is 2.32. The van der Waals surface area contributed by atoms with Crippen LogP contribution >= 0.6 is 0 Å². The molecule has 2 rings (SSSR count). The summed E-state index contributed by atoms with van der Waals surface area (Å²) in [5.74, 6) is 1.42. The Morgan fingerprint density at radius 2 is 2.18 bits per heavy atom.